The Morgan fingerprint density at radius 1 is 1.00 bits per heavy atom. The molecule has 114 valence electrons. The molecule has 3 nitrogen and oxygen atoms in total. The number of nitrogens with zero attached hydrogens (tertiary/aromatic N) is 2. The smallest absolute Gasteiger partial charge is 0.177 e. The van der Waals surface area contributed by atoms with Crippen LogP contribution in [0, 0.1) is 6.92 Å². The highest BCUT2D eigenvalue weighted by Crippen LogP contribution is 2.19. The van der Waals surface area contributed by atoms with Crippen LogP contribution in [0.2, 0.25) is 0 Å². The summed E-state index contributed by atoms with van der Waals surface area (Å²) in [5.41, 5.74) is 2.86. The molecule has 0 aliphatic rings. The summed E-state index contributed by atoms with van der Waals surface area (Å²) in [6.45, 7) is 8.13. The number of ether oxygens (including phenoxy) is 1. The lowest BCUT2D eigenvalue weighted by molar-refractivity contribution is 0.528. The van der Waals surface area contributed by atoms with Crippen LogP contribution in [0.15, 0.2) is 58.5 Å². The van der Waals surface area contributed by atoms with Crippen molar-refractivity contribution >= 4 is 18.3 Å². The van der Waals surface area contributed by atoms with Gasteiger partial charge >= 0.3 is 0 Å². The lowest BCUT2D eigenvalue weighted by Crippen LogP contribution is -2.11. The van der Waals surface area contributed by atoms with E-state index in [1.165, 1.54) is 6.40 Å². The van der Waals surface area contributed by atoms with E-state index in [4.69, 9.17) is 4.74 Å². The summed E-state index contributed by atoms with van der Waals surface area (Å²) in [6, 6.07) is 15.8. The van der Waals surface area contributed by atoms with Gasteiger partial charge in [0.05, 0.1) is 11.2 Å². The Morgan fingerprint density at radius 3 is 2.41 bits per heavy atom. The molecule has 0 aromatic heterocycles. The van der Waals surface area contributed by atoms with Crippen LogP contribution in [0.1, 0.15) is 31.9 Å². The van der Waals surface area contributed by atoms with Crippen LogP contribution in [0.5, 0.6) is 5.75 Å². The van der Waals surface area contributed by atoms with Gasteiger partial charge in [-0.2, -0.15) is 0 Å². The van der Waals surface area contributed by atoms with Gasteiger partial charge in [-0.05, 0) is 52.0 Å². The van der Waals surface area contributed by atoms with Gasteiger partial charge in [0.2, 0.25) is 0 Å². The van der Waals surface area contributed by atoms with Crippen molar-refractivity contribution in [2.75, 3.05) is 0 Å². The molecule has 22 heavy (non-hydrogen) atoms. The van der Waals surface area contributed by atoms with Crippen LogP contribution < -0.4 is 4.74 Å². The van der Waals surface area contributed by atoms with E-state index in [1.54, 1.807) is 0 Å². The average Bonchev–Trinajstić information content (AvgIpc) is 2.47. The quantitative estimate of drug-likeness (QED) is 0.580. The Bertz CT molecular complexity index is 668. The van der Waals surface area contributed by atoms with E-state index >= 15 is 0 Å². The van der Waals surface area contributed by atoms with Crippen molar-refractivity contribution in [2.24, 2.45) is 9.98 Å². The molecule has 3 heteroatoms. The zero-order chi connectivity index (χ0) is 16.0. The summed E-state index contributed by atoms with van der Waals surface area (Å²) < 4.78 is 5.67. The average molecular weight is 294 g/mol. The van der Waals surface area contributed by atoms with Crippen LogP contribution >= 0.6 is 0 Å². The second-order valence-electron chi connectivity index (χ2n) is 6.16. The van der Waals surface area contributed by atoms with Gasteiger partial charge in [-0.3, -0.25) is 9.98 Å². The van der Waals surface area contributed by atoms with E-state index in [-0.39, 0.29) is 5.54 Å². The number of aliphatic imine (C=N–C) groups is 2. The minimum absolute atomic E-state index is 0.150. The van der Waals surface area contributed by atoms with Crippen molar-refractivity contribution in [3.05, 3.63) is 59.7 Å². The topological polar surface area (TPSA) is 34.0 Å². The van der Waals surface area contributed by atoms with Crippen molar-refractivity contribution in [3.63, 3.8) is 0 Å². The Kier molecular flexibility index (Phi) is 5.10. The van der Waals surface area contributed by atoms with E-state index in [0.29, 0.717) is 0 Å². The largest absolute Gasteiger partial charge is 0.445 e. The molecule has 0 heterocycles. The van der Waals surface area contributed by atoms with Gasteiger partial charge < -0.3 is 4.74 Å². The van der Waals surface area contributed by atoms with Crippen LogP contribution in [0.3, 0.4) is 0 Å². The van der Waals surface area contributed by atoms with Crippen LogP contribution in [-0.2, 0) is 0 Å². The number of para-hydroxylation sites is 1. The lowest BCUT2D eigenvalue weighted by atomic mass is 10.1. The molecule has 0 unspecified atom stereocenters. The first-order valence-corrected chi connectivity index (χ1v) is 7.34. The molecule has 2 aromatic rings. The third-order valence-corrected chi connectivity index (χ3v) is 2.89. The third-order valence-electron chi connectivity index (χ3n) is 2.89. The highest BCUT2D eigenvalue weighted by molar-refractivity contribution is 5.86. The Hall–Kier alpha value is -2.42. The molecule has 0 aliphatic heterocycles. The zero-order valence-corrected chi connectivity index (χ0v) is 13.6. The minimum atomic E-state index is -0.150. The fourth-order valence-electron chi connectivity index (χ4n) is 1.78. The fourth-order valence-corrected chi connectivity index (χ4v) is 1.78. The van der Waals surface area contributed by atoms with Crippen LogP contribution in [0.4, 0.5) is 5.69 Å². The highest BCUT2D eigenvalue weighted by atomic mass is 16.5. The summed E-state index contributed by atoms with van der Waals surface area (Å²) in [7, 11) is 0. The number of hydrogen-bond donors (Lipinski definition) is 0. The van der Waals surface area contributed by atoms with E-state index in [1.807, 2.05) is 82.4 Å². The molecule has 0 radical (unpaired) electrons. The monoisotopic (exact) mass is 294 g/mol. The van der Waals surface area contributed by atoms with Crippen molar-refractivity contribution < 1.29 is 4.74 Å². The number of aryl methyl sites for hydroxylation is 1. The van der Waals surface area contributed by atoms with Gasteiger partial charge in [0.1, 0.15) is 5.75 Å². The highest BCUT2D eigenvalue weighted by Gasteiger charge is 2.06. The van der Waals surface area contributed by atoms with E-state index in [0.717, 1.165) is 22.6 Å². The summed E-state index contributed by atoms with van der Waals surface area (Å²) in [6.07, 6.45) is 3.33. The summed E-state index contributed by atoms with van der Waals surface area (Å²) >= 11 is 0. The number of hydrogen-bond acceptors (Lipinski definition) is 3. The van der Waals surface area contributed by atoms with Crippen molar-refractivity contribution in [3.8, 4) is 5.75 Å². The summed E-state index contributed by atoms with van der Waals surface area (Å²) in [5.74, 6) is 0.748. The molecule has 2 rings (SSSR count). The zero-order valence-electron chi connectivity index (χ0n) is 13.6. The Balaban J connectivity index is 2.21. The fraction of sp³-hybridized carbons (Fsp3) is 0.263. The first-order valence-electron chi connectivity index (χ1n) is 7.34. The molecule has 0 aliphatic carbocycles. The maximum atomic E-state index is 5.67. The molecular weight excluding hydrogens is 272 g/mol. The Labute approximate surface area is 132 Å². The lowest BCUT2D eigenvalue weighted by Gasteiger charge is -2.11. The van der Waals surface area contributed by atoms with Crippen molar-refractivity contribution in [1.29, 1.82) is 0 Å². The molecule has 0 N–H and O–H groups in total. The van der Waals surface area contributed by atoms with Crippen molar-refractivity contribution in [2.45, 2.75) is 33.2 Å². The van der Waals surface area contributed by atoms with Gasteiger partial charge in [-0.25, -0.2) is 0 Å². The molecule has 0 bridgehead atoms. The molecule has 0 amide bonds. The van der Waals surface area contributed by atoms with Gasteiger partial charge in [0, 0.05) is 11.8 Å². The molecular formula is C19H22N2O. The predicted molar refractivity (Wildman–Crippen MR) is 93.7 cm³/mol. The predicted octanol–water partition coefficient (Wildman–Crippen LogP) is 4.95. The first-order chi connectivity index (χ1) is 10.4. The standard InChI is InChI=1S/C19H22N2O/c1-15-10-11-18(22-14-21-19(2,3)4)16(12-15)13-20-17-8-6-5-7-9-17/h5-14H,1-4H3. The van der Waals surface area contributed by atoms with Crippen LogP contribution in [-0.4, -0.2) is 18.2 Å². The Morgan fingerprint density at radius 2 is 1.73 bits per heavy atom. The summed E-state index contributed by atoms with van der Waals surface area (Å²) in [5, 5.41) is 0. The van der Waals surface area contributed by atoms with Gasteiger partial charge in [0.15, 0.2) is 6.40 Å². The van der Waals surface area contributed by atoms with E-state index in [9.17, 15) is 0 Å². The minimum Gasteiger partial charge on any atom is -0.445 e. The van der Waals surface area contributed by atoms with Gasteiger partial charge in [-0.1, -0.05) is 29.8 Å². The van der Waals surface area contributed by atoms with E-state index < -0.39 is 0 Å². The molecule has 0 fully saturated rings. The van der Waals surface area contributed by atoms with E-state index in [2.05, 4.69) is 9.98 Å². The third kappa shape index (κ3) is 5.17. The first kappa shape index (κ1) is 16.0. The maximum absolute atomic E-state index is 5.67. The normalized spacial score (nSPS) is 12.2. The van der Waals surface area contributed by atoms with Gasteiger partial charge in [0.25, 0.3) is 0 Å². The number of rotatable bonds is 4. The maximum Gasteiger partial charge on any atom is 0.177 e. The molecule has 2 aromatic carbocycles. The number of benzene rings is 2. The second kappa shape index (κ2) is 7.03. The van der Waals surface area contributed by atoms with Crippen molar-refractivity contribution in [1.82, 2.24) is 0 Å². The van der Waals surface area contributed by atoms with Crippen LogP contribution in [0.25, 0.3) is 0 Å². The molecule has 0 atom stereocenters. The molecule has 0 spiro atoms. The molecule has 0 saturated carbocycles. The SMILES string of the molecule is Cc1ccc(OC=NC(C)(C)C)c(C=Nc2ccccc2)c1. The van der Waals surface area contributed by atoms with Gasteiger partial charge in [-0.15, -0.1) is 0 Å². The molecule has 0 saturated heterocycles. The summed E-state index contributed by atoms with van der Waals surface area (Å²) in [4.78, 5) is 8.83. The second-order valence-corrected chi connectivity index (χ2v) is 6.16.